The van der Waals surface area contributed by atoms with Crippen molar-refractivity contribution in [2.75, 3.05) is 38.2 Å². The highest BCUT2D eigenvalue weighted by Crippen LogP contribution is 2.35. The highest BCUT2D eigenvalue weighted by Gasteiger charge is 2.27. The van der Waals surface area contributed by atoms with Gasteiger partial charge in [-0.1, -0.05) is 17.7 Å². The lowest BCUT2D eigenvalue weighted by molar-refractivity contribution is -0.384. The normalized spacial score (nSPS) is 13.7. The second kappa shape index (κ2) is 9.06. The minimum absolute atomic E-state index is 0.0265. The third kappa shape index (κ3) is 4.75. The first-order valence-corrected chi connectivity index (χ1v) is 9.61. The van der Waals surface area contributed by atoms with E-state index in [1.165, 1.54) is 6.07 Å². The lowest BCUT2D eigenvalue weighted by Crippen LogP contribution is -2.52. The maximum absolute atomic E-state index is 12.4. The van der Waals surface area contributed by atoms with E-state index in [1.807, 2.05) is 9.80 Å². The van der Waals surface area contributed by atoms with Crippen LogP contribution in [0, 0.1) is 10.1 Å². The average Bonchev–Trinajstić information content (AvgIpc) is 2.73. The molecule has 0 unspecified atom stereocenters. The second-order valence-electron chi connectivity index (χ2n) is 6.33. The molecule has 8 nitrogen and oxygen atoms in total. The second-order valence-corrected chi connectivity index (χ2v) is 7.12. The first kappa shape index (κ1) is 20.8. The van der Waals surface area contributed by atoms with Gasteiger partial charge in [0.15, 0.2) is 5.11 Å². The van der Waals surface area contributed by atoms with Gasteiger partial charge in [-0.3, -0.25) is 20.2 Å². The van der Waals surface area contributed by atoms with Crippen molar-refractivity contribution in [2.24, 2.45) is 0 Å². The van der Waals surface area contributed by atoms with Crippen LogP contribution in [0.25, 0.3) is 0 Å². The molecule has 0 saturated carbocycles. The van der Waals surface area contributed by atoms with E-state index in [2.05, 4.69) is 5.32 Å². The van der Waals surface area contributed by atoms with Crippen LogP contribution in [0.5, 0.6) is 5.75 Å². The number of nitrogens with zero attached hydrogens (tertiary/aromatic N) is 3. The number of rotatable bonds is 4. The number of hydrogen-bond acceptors (Lipinski definition) is 6. The van der Waals surface area contributed by atoms with E-state index in [-0.39, 0.29) is 11.6 Å². The van der Waals surface area contributed by atoms with Crippen molar-refractivity contribution < 1.29 is 14.5 Å². The van der Waals surface area contributed by atoms with Gasteiger partial charge in [0, 0.05) is 37.8 Å². The molecule has 1 amide bonds. The number of carbonyl (C=O) groups excluding carboxylic acids is 1. The minimum Gasteiger partial charge on any atom is -0.497 e. The summed E-state index contributed by atoms with van der Waals surface area (Å²) in [7, 11) is 1.56. The summed E-state index contributed by atoms with van der Waals surface area (Å²) in [5.74, 6) is 0.357. The number of halogens is 1. The van der Waals surface area contributed by atoms with Crippen LogP contribution in [-0.2, 0) is 0 Å². The number of benzene rings is 2. The molecule has 1 aliphatic rings. The zero-order valence-corrected chi connectivity index (χ0v) is 17.2. The number of carbonyl (C=O) groups is 1. The summed E-state index contributed by atoms with van der Waals surface area (Å²) < 4.78 is 5.08. The Balaban J connectivity index is 1.61. The predicted molar refractivity (Wildman–Crippen MR) is 115 cm³/mol. The van der Waals surface area contributed by atoms with Crippen LogP contribution in [0.15, 0.2) is 42.5 Å². The molecule has 1 heterocycles. The molecule has 0 atom stereocenters. The predicted octanol–water partition coefficient (Wildman–Crippen LogP) is 3.09. The number of methoxy groups -OCH3 is 1. The van der Waals surface area contributed by atoms with E-state index in [0.717, 1.165) is 0 Å². The topological polar surface area (TPSA) is 88.0 Å². The van der Waals surface area contributed by atoms with Crippen LogP contribution in [0.3, 0.4) is 0 Å². The number of nitro benzene ring substituents is 1. The summed E-state index contributed by atoms with van der Waals surface area (Å²) in [4.78, 5) is 27.0. The van der Waals surface area contributed by atoms with Gasteiger partial charge in [0.2, 0.25) is 0 Å². The number of piperazine rings is 1. The summed E-state index contributed by atoms with van der Waals surface area (Å²) in [5, 5.41) is 14.7. The SMILES string of the molecule is COc1ccc(C(=O)NC(=S)N2CCN(c3c(Cl)cccc3[N+](=O)[O-])CC2)cc1. The Bertz CT molecular complexity index is 930. The molecule has 2 aromatic carbocycles. The summed E-state index contributed by atoms with van der Waals surface area (Å²) in [6.45, 7) is 1.99. The summed E-state index contributed by atoms with van der Waals surface area (Å²) in [6, 6.07) is 11.4. The Hall–Kier alpha value is -2.91. The van der Waals surface area contributed by atoms with E-state index >= 15 is 0 Å². The number of nitro groups is 1. The quantitative estimate of drug-likeness (QED) is 0.449. The number of para-hydroxylation sites is 1. The molecule has 0 bridgehead atoms. The van der Waals surface area contributed by atoms with Gasteiger partial charge in [-0.05, 0) is 42.5 Å². The van der Waals surface area contributed by atoms with Crippen LogP contribution < -0.4 is 15.0 Å². The summed E-state index contributed by atoms with van der Waals surface area (Å²) in [6.07, 6.45) is 0. The molecule has 152 valence electrons. The maximum atomic E-state index is 12.4. The highest BCUT2D eigenvalue weighted by atomic mass is 35.5. The molecular formula is C19H19ClN4O4S. The number of thiocarbonyl (C=S) groups is 1. The van der Waals surface area contributed by atoms with E-state index in [9.17, 15) is 14.9 Å². The monoisotopic (exact) mass is 434 g/mol. The molecule has 1 N–H and O–H groups in total. The molecule has 1 fully saturated rings. The smallest absolute Gasteiger partial charge is 0.294 e. The van der Waals surface area contributed by atoms with Crippen LogP contribution >= 0.6 is 23.8 Å². The van der Waals surface area contributed by atoms with Crippen molar-refractivity contribution in [3.63, 3.8) is 0 Å². The molecule has 0 aliphatic carbocycles. The Morgan fingerprint density at radius 3 is 2.41 bits per heavy atom. The molecular weight excluding hydrogens is 416 g/mol. The summed E-state index contributed by atoms with van der Waals surface area (Å²) >= 11 is 11.6. The van der Waals surface area contributed by atoms with Gasteiger partial charge in [-0.2, -0.15) is 0 Å². The van der Waals surface area contributed by atoms with Crippen LogP contribution in [0.4, 0.5) is 11.4 Å². The van der Waals surface area contributed by atoms with Gasteiger partial charge < -0.3 is 14.5 Å². The first-order chi connectivity index (χ1) is 13.9. The van der Waals surface area contributed by atoms with Gasteiger partial charge in [0.25, 0.3) is 11.6 Å². The largest absolute Gasteiger partial charge is 0.497 e. The van der Waals surface area contributed by atoms with Gasteiger partial charge >= 0.3 is 0 Å². The number of hydrogen-bond donors (Lipinski definition) is 1. The van der Waals surface area contributed by atoms with E-state index in [1.54, 1.807) is 43.5 Å². The zero-order chi connectivity index (χ0) is 21.0. The summed E-state index contributed by atoms with van der Waals surface area (Å²) in [5.41, 5.74) is 0.854. The molecule has 0 spiro atoms. The van der Waals surface area contributed by atoms with Gasteiger partial charge in [0.05, 0.1) is 17.1 Å². The molecule has 10 heteroatoms. The van der Waals surface area contributed by atoms with Gasteiger partial charge in [-0.25, -0.2) is 0 Å². The van der Waals surface area contributed by atoms with E-state index < -0.39 is 4.92 Å². The Kier molecular flexibility index (Phi) is 6.50. The molecule has 1 saturated heterocycles. The standard InChI is InChI=1S/C19H19ClN4O4S/c1-28-14-7-5-13(6-8-14)18(25)21-19(29)23-11-9-22(10-12-23)17-15(20)3-2-4-16(17)24(26)27/h2-8H,9-12H2,1H3,(H,21,25,29). The number of ether oxygens (including phenoxy) is 1. The lowest BCUT2D eigenvalue weighted by atomic mass is 10.2. The first-order valence-electron chi connectivity index (χ1n) is 8.83. The van der Waals surface area contributed by atoms with E-state index in [0.29, 0.717) is 53.3 Å². The highest BCUT2D eigenvalue weighted by molar-refractivity contribution is 7.80. The third-order valence-corrected chi connectivity index (χ3v) is 5.28. The van der Waals surface area contributed by atoms with Crippen LogP contribution in [0.1, 0.15) is 10.4 Å². The van der Waals surface area contributed by atoms with Crippen molar-refractivity contribution in [2.45, 2.75) is 0 Å². The number of amides is 1. The van der Waals surface area contributed by atoms with Crippen molar-refractivity contribution in [3.05, 3.63) is 63.2 Å². The van der Waals surface area contributed by atoms with Crippen LogP contribution in [0.2, 0.25) is 5.02 Å². The fraction of sp³-hybridized carbons (Fsp3) is 0.263. The fourth-order valence-corrected chi connectivity index (χ4v) is 3.65. The number of anilines is 1. The number of nitrogens with one attached hydrogen (secondary N) is 1. The molecule has 3 rings (SSSR count). The third-order valence-electron chi connectivity index (χ3n) is 4.62. The molecule has 29 heavy (non-hydrogen) atoms. The van der Waals surface area contributed by atoms with Crippen LogP contribution in [-0.4, -0.2) is 54.1 Å². The minimum atomic E-state index is -0.437. The fourth-order valence-electron chi connectivity index (χ4n) is 3.09. The van der Waals surface area contributed by atoms with Crippen molar-refractivity contribution in [1.29, 1.82) is 0 Å². The molecule has 0 radical (unpaired) electrons. The van der Waals surface area contributed by atoms with Crippen molar-refractivity contribution in [1.82, 2.24) is 10.2 Å². The van der Waals surface area contributed by atoms with Gasteiger partial charge in [0.1, 0.15) is 11.4 Å². The Morgan fingerprint density at radius 1 is 1.17 bits per heavy atom. The van der Waals surface area contributed by atoms with Crippen molar-refractivity contribution >= 4 is 46.2 Å². The van der Waals surface area contributed by atoms with E-state index in [4.69, 9.17) is 28.6 Å². The molecule has 1 aliphatic heterocycles. The Labute approximate surface area is 178 Å². The maximum Gasteiger partial charge on any atom is 0.294 e. The van der Waals surface area contributed by atoms with Gasteiger partial charge in [-0.15, -0.1) is 0 Å². The average molecular weight is 435 g/mol. The van der Waals surface area contributed by atoms with Crippen molar-refractivity contribution in [3.8, 4) is 5.75 Å². The zero-order valence-electron chi connectivity index (χ0n) is 15.6. The Morgan fingerprint density at radius 2 is 1.83 bits per heavy atom. The lowest BCUT2D eigenvalue weighted by Gasteiger charge is -2.37. The molecule has 0 aromatic heterocycles. The molecule has 2 aromatic rings.